The molecule has 0 saturated carbocycles. The Morgan fingerprint density at radius 3 is 2.64 bits per heavy atom. The van der Waals surface area contributed by atoms with E-state index in [1.54, 1.807) is 0 Å². The fourth-order valence-electron chi connectivity index (χ4n) is 0.994. The minimum atomic E-state index is -0.326. The first-order valence-corrected chi connectivity index (χ1v) is 5.28. The number of aliphatic hydroxyl groups is 1. The highest BCUT2D eigenvalue weighted by Crippen LogP contribution is 1.94. The summed E-state index contributed by atoms with van der Waals surface area (Å²) in [5, 5.41) is 12.3. The molecule has 0 radical (unpaired) electrons. The van der Waals surface area contributed by atoms with Crippen LogP contribution in [0.2, 0.25) is 0 Å². The molecule has 0 rings (SSSR count). The van der Waals surface area contributed by atoms with Gasteiger partial charge in [-0.1, -0.05) is 27.2 Å². The van der Waals surface area contributed by atoms with E-state index in [2.05, 4.69) is 24.2 Å². The second kappa shape index (κ2) is 7.62. The molecule has 0 aliphatic carbocycles. The lowest BCUT2D eigenvalue weighted by atomic mass is 10.2. The third-order valence-electron chi connectivity index (χ3n) is 1.77. The van der Waals surface area contributed by atoms with Crippen LogP contribution in [-0.2, 0) is 0 Å². The monoisotopic (exact) mass is 201 g/mol. The van der Waals surface area contributed by atoms with Crippen molar-refractivity contribution in [3.05, 3.63) is 0 Å². The molecule has 1 unspecified atom stereocenters. The topological polar surface area (TPSA) is 70.6 Å². The van der Waals surface area contributed by atoms with Gasteiger partial charge in [0.25, 0.3) is 0 Å². The third kappa shape index (κ3) is 7.86. The molecule has 0 heterocycles. The zero-order chi connectivity index (χ0) is 11.0. The van der Waals surface area contributed by atoms with Crippen molar-refractivity contribution in [3.8, 4) is 0 Å². The highest BCUT2D eigenvalue weighted by molar-refractivity contribution is 5.77. The third-order valence-corrected chi connectivity index (χ3v) is 1.77. The minimum Gasteiger partial charge on any atom is -0.391 e. The normalized spacial score (nSPS) is 14.5. The zero-order valence-corrected chi connectivity index (χ0v) is 9.45. The average molecular weight is 201 g/mol. The molecule has 0 aromatic carbocycles. The molecule has 0 saturated heterocycles. The number of guanidine groups is 1. The van der Waals surface area contributed by atoms with Gasteiger partial charge >= 0.3 is 0 Å². The second-order valence-electron chi connectivity index (χ2n) is 3.94. The minimum absolute atomic E-state index is 0.326. The molecular weight excluding hydrogens is 178 g/mol. The summed E-state index contributed by atoms with van der Waals surface area (Å²) in [6, 6.07) is 0. The van der Waals surface area contributed by atoms with Crippen molar-refractivity contribution in [2.24, 2.45) is 16.6 Å². The summed E-state index contributed by atoms with van der Waals surface area (Å²) in [5.74, 6) is 0.935. The van der Waals surface area contributed by atoms with Crippen LogP contribution in [0.1, 0.15) is 33.6 Å². The van der Waals surface area contributed by atoms with E-state index in [0.29, 0.717) is 18.4 Å². The van der Waals surface area contributed by atoms with Gasteiger partial charge in [-0.15, -0.1) is 0 Å². The van der Waals surface area contributed by atoms with Gasteiger partial charge in [-0.3, -0.25) is 4.99 Å². The average Bonchev–Trinajstić information content (AvgIpc) is 2.12. The maximum atomic E-state index is 9.40. The van der Waals surface area contributed by atoms with Crippen LogP contribution >= 0.6 is 0 Å². The summed E-state index contributed by atoms with van der Waals surface area (Å²) in [5.41, 5.74) is 5.59. The van der Waals surface area contributed by atoms with E-state index in [9.17, 15) is 5.11 Å². The molecule has 4 nitrogen and oxygen atoms in total. The van der Waals surface area contributed by atoms with Gasteiger partial charge in [-0.2, -0.15) is 0 Å². The Kier molecular flexibility index (Phi) is 7.20. The Hall–Kier alpha value is -0.770. The Morgan fingerprint density at radius 2 is 2.14 bits per heavy atom. The van der Waals surface area contributed by atoms with Crippen molar-refractivity contribution >= 4 is 5.96 Å². The first kappa shape index (κ1) is 13.2. The summed E-state index contributed by atoms with van der Waals surface area (Å²) in [4.78, 5) is 4.13. The van der Waals surface area contributed by atoms with Crippen LogP contribution in [0.5, 0.6) is 0 Å². The Balaban J connectivity index is 3.61. The number of aliphatic hydroxyl groups excluding tert-OH is 1. The molecule has 0 aromatic rings. The van der Waals surface area contributed by atoms with Gasteiger partial charge in [-0.05, 0) is 12.3 Å². The van der Waals surface area contributed by atoms with Crippen molar-refractivity contribution in [3.63, 3.8) is 0 Å². The van der Waals surface area contributed by atoms with Gasteiger partial charge in [0.15, 0.2) is 5.96 Å². The van der Waals surface area contributed by atoms with Crippen LogP contribution in [-0.4, -0.2) is 30.3 Å². The number of hydrogen-bond donors (Lipinski definition) is 3. The van der Waals surface area contributed by atoms with E-state index in [-0.39, 0.29) is 6.10 Å². The van der Waals surface area contributed by atoms with Crippen molar-refractivity contribution in [1.82, 2.24) is 5.32 Å². The van der Waals surface area contributed by atoms with Crippen LogP contribution in [0.3, 0.4) is 0 Å². The standard InChI is InChI=1S/C10H23N3O/c1-4-5-9(14)7-13-10(11)12-6-8(2)3/h8-9,14H,4-7H2,1-3H3,(H3,11,12,13). The molecule has 4 N–H and O–H groups in total. The lowest BCUT2D eigenvalue weighted by Gasteiger charge is -2.11. The predicted molar refractivity (Wildman–Crippen MR) is 60.2 cm³/mol. The fraction of sp³-hybridized carbons (Fsp3) is 0.900. The molecule has 0 spiro atoms. The lowest BCUT2D eigenvalue weighted by molar-refractivity contribution is 0.166. The molecule has 1 atom stereocenters. The predicted octanol–water partition coefficient (Wildman–Crippen LogP) is 0.708. The maximum absolute atomic E-state index is 9.40. The summed E-state index contributed by atoms with van der Waals surface area (Å²) < 4.78 is 0. The maximum Gasteiger partial charge on any atom is 0.188 e. The number of aliphatic imine (C=N–C) groups is 1. The number of nitrogens with one attached hydrogen (secondary N) is 1. The van der Waals surface area contributed by atoms with Crippen molar-refractivity contribution in [2.45, 2.75) is 39.7 Å². The van der Waals surface area contributed by atoms with Crippen LogP contribution in [0.15, 0.2) is 4.99 Å². The molecule has 0 amide bonds. The quantitative estimate of drug-likeness (QED) is 0.438. The van der Waals surface area contributed by atoms with Crippen LogP contribution in [0.25, 0.3) is 0 Å². The zero-order valence-electron chi connectivity index (χ0n) is 9.45. The fourth-order valence-corrected chi connectivity index (χ4v) is 0.994. The van der Waals surface area contributed by atoms with Gasteiger partial charge < -0.3 is 16.2 Å². The molecule has 14 heavy (non-hydrogen) atoms. The Bertz CT molecular complexity index is 169. The Morgan fingerprint density at radius 1 is 1.50 bits per heavy atom. The smallest absolute Gasteiger partial charge is 0.188 e. The van der Waals surface area contributed by atoms with Gasteiger partial charge in [0.2, 0.25) is 0 Å². The summed E-state index contributed by atoms with van der Waals surface area (Å²) in [6.45, 7) is 7.43. The van der Waals surface area contributed by atoms with E-state index in [1.807, 2.05) is 6.92 Å². The van der Waals surface area contributed by atoms with Crippen LogP contribution < -0.4 is 11.1 Å². The first-order valence-electron chi connectivity index (χ1n) is 5.28. The van der Waals surface area contributed by atoms with Crippen LogP contribution in [0.4, 0.5) is 0 Å². The van der Waals surface area contributed by atoms with Crippen LogP contribution in [0, 0.1) is 5.92 Å². The van der Waals surface area contributed by atoms with E-state index in [0.717, 1.165) is 19.4 Å². The lowest BCUT2D eigenvalue weighted by Crippen LogP contribution is -2.37. The van der Waals surface area contributed by atoms with E-state index in [1.165, 1.54) is 0 Å². The number of rotatable bonds is 6. The number of nitrogens with zero attached hydrogens (tertiary/aromatic N) is 1. The van der Waals surface area contributed by atoms with Gasteiger partial charge in [-0.25, -0.2) is 0 Å². The number of hydrogen-bond acceptors (Lipinski definition) is 2. The largest absolute Gasteiger partial charge is 0.391 e. The van der Waals surface area contributed by atoms with E-state index in [4.69, 9.17) is 5.73 Å². The molecule has 0 aliphatic heterocycles. The molecule has 0 aliphatic rings. The molecular formula is C10H23N3O. The summed E-state index contributed by atoms with van der Waals surface area (Å²) in [6.07, 6.45) is 1.45. The van der Waals surface area contributed by atoms with Crippen molar-refractivity contribution in [2.75, 3.05) is 13.1 Å². The Labute approximate surface area is 86.6 Å². The summed E-state index contributed by atoms with van der Waals surface area (Å²) >= 11 is 0. The van der Waals surface area contributed by atoms with Crippen molar-refractivity contribution < 1.29 is 5.11 Å². The SMILES string of the molecule is CCCC(O)CNC(N)=NCC(C)C. The van der Waals surface area contributed by atoms with Gasteiger partial charge in [0.1, 0.15) is 0 Å². The highest BCUT2D eigenvalue weighted by Gasteiger charge is 2.02. The molecule has 4 heteroatoms. The van der Waals surface area contributed by atoms with E-state index < -0.39 is 0 Å². The molecule has 0 aromatic heterocycles. The highest BCUT2D eigenvalue weighted by atomic mass is 16.3. The van der Waals surface area contributed by atoms with Crippen molar-refractivity contribution in [1.29, 1.82) is 0 Å². The summed E-state index contributed by atoms with van der Waals surface area (Å²) in [7, 11) is 0. The molecule has 84 valence electrons. The first-order chi connectivity index (χ1) is 6.56. The molecule has 0 fully saturated rings. The number of nitrogens with two attached hydrogens (primary N) is 1. The molecule has 0 bridgehead atoms. The van der Waals surface area contributed by atoms with E-state index >= 15 is 0 Å². The van der Waals surface area contributed by atoms with Gasteiger partial charge in [0, 0.05) is 13.1 Å². The van der Waals surface area contributed by atoms with Gasteiger partial charge in [0.05, 0.1) is 6.10 Å². The second-order valence-corrected chi connectivity index (χ2v) is 3.94.